The van der Waals surface area contributed by atoms with Crippen molar-refractivity contribution in [1.29, 1.82) is 0 Å². The van der Waals surface area contributed by atoms with Crippen molar-refractivity contribution in [2.45, 2.75) is 13.5 Å². The lowest BCUT2D eigenvalue weighted by Gasteiger charge is -2.26. The lowest BCUT2D eigenvalue weighted by Crippen LogP contribution is -2.54. The van der Waals surface area contributed by atoms with Crippen LogP contribution in [0.15, 0.2) is 82.8 Å². The maximum atomic E-state index is 13.1. The Hall–Kier alpha value is -3.91. The van der Waals surface area contributed by atoms with E-state index >= 15 is 0 Å². The summed E-state index contributed by atoms with van der Waals surface area (Å²) in [6.45, 7) is 2.72. The summed E-state index contributed by atoms with van der Waals surface area (Å²) < 4.78 is 12.0. The van der Waals surface area contributed by atoms with Crippen molar-refractivity contribution in [2.24, 2.45) is 0 Å². The van der Waals surface area contributed by atoms with Crippen LogP contribution in [0.1, 0.15) is 18.1 Å². The molecule has 8 heteroatoms. The van der Waals surface area contributed by atoms with Crippen LogP contribution in [0.4, 0.5) is 10.5 Å². The van der Waals surface area contributed by atoms with Gasteiger partial charge in [-0.15, -0.1) is 0 Å². The molecule has 1 saturated heterocycles. The zero-order chi connectivity index (χ0) is 24.1. The number of benzene rings is 3. The van der Waals surface area contributed by atoms with Crippen molar-refractivity contribution >= 4 is 45.5 Å². The topological polar surface area (TPSA) is 84.9 Å². The smallest absolute Gasteiger partial charge is 0.335 e. The van der Waals surface area contributed by atoms with E-state index in [1.54, 1.807) is 42.5 Å². The Morgan fingerprint density at radius 3 is 2.35 bits per heavy atom. The molecule has 0 spiro atoms. The van der Waals surface area contributed by atoms with E-state index in [-0.39, 0.29) is 5.57 Å². The molecule has 1 aliphatic rings. The van der Waals surface area contributed by atoms with Crippen LogP contribution in [0.2, 0.25) is 0 Å². The number of carbonyl (C=O) groups excluding carboxylic acids is 3. The highest BCUT2D eigenvalue weighted by atomic mass is 79.9. The van der Waals surface area contributed by atoms with E-state index in [0.717, 1.165) is 14.9 Å². The third-order valence-corrected chi connectivity index (χ3v) is 5.42. The fraction of sp³-hybridized carbons (Fsp3) is 0.115. The molecule has 3 aromatic carbocycles. The number of ether oxygens (including phenoxy) is 2. The van der Waals surface area contributed by atoms with Crippen LogP contribution in [0, 0.1) is 0 Å². The Morgan fingerprint density at radius 1 is 0.912 bits per heavy atom. The second kappa shape index (κ2) is 10.4. The number of nitrogens with one attached hydrogen (secondary N) is 1. The minimum Gasteiger partial charge on any atom is -0.494 e. The molecule has 0 unspecified atom stereocenters. The molecule has 0 aromatic heterocycles. The predicted molar refractivity (Wildman–Crippen MR) is 132 cm³/mol. The SMILES string of the molecule is CCOc1cc(Br)cc(/C=C2\C(=O)NC(=O)N(c3ccc(OCc4ccccc4)cc3)C2=O)c1. The fourth-order valence-electron chi connectivity index (χ4n) is 3.41. The first-order valence-electron chi connectivity index (χ1n) is 10.6. The summed E-state index contributed by atoms with van der Waals surface area (Å²) in [5, 5.41) is 2.23. The lowest BCUT2D eigenvalue weighted by molar-refractivity contribution is -0.122. The number of urea groups is 1. The van der Waals surface area contributed by atoms with Gasteiger partial charge < -0.3 is 9.47 Å². The number of amides is 4. The minimum atomic E-state index is -0.811. The standard InChI is InChI=1S/C26H21BrN2O5/c1-2-33-22-13-18(12-19(27)15-22)14-23-24(30)28-26(32)29(25(23)31)20-8-10-21(11-9-20)34-16-17-6-4-3-5-7-17/h3-15H,2,16H2,1H3,(H,28,30,32)/b23-14+. The molecular formula is C26H21BrN2O5. The second-order valence-electron chi connectivity index (χ2n) is 7.38. The molecule has 0 radical (unpaired) electrons. The van der Waals surface area contributed by atoms with Crippen LogP contribution in [-0.4, -0.2) is 24.5 Å². The molecule has 4 amide bonds. The van der Waals surface area contributed by atoms with E-state index < -0.39 is 17.8 Å². The summed E-state index contributed by atoms with van der Waals surface area (Å²) in [5.74, 6) is -0.301. The van der Waals surface area contributed by atoms with Gasteiger partial charge in [-0.25, -0.2) is 9.69 Å². The molecule has 0 aliphatic carbocycles. The highest BCUT2D eigenvalue weighted by Gasteiger charge is 2.36. The Balaban J connectivity index is 1.55. The van der Waals surface area contributed by atoms with E-state index in [9.17, 15) is 14.4 Å². The number of imide groups is 2. The van der Waals surface area contributed by atoms with Gasteiger partial charge in [-0.1, -0.05) is 46.3 Å². The van der Waals surface area contributed by atoms with Crippen LogP contribution in [0.3, 0.4) is 0 Å². The number of anilines is 1. The summed E-state index contributed by atoms with van der Waals surface area (Å²) in [7, 11) is 0. The van der Waals surface area contributed by atoms with Gasteiger partial charge in [0, 0.05) is 4.47 Å². The van der Waals surface area contributed by atoms with Gasteiger partial charge in [0.1, 0.15) is 23.7 Å². The highest BCUT2D eigenvalue weighted by molar-refractivity contribution is 9.10. The average molecular weight is 521 g/mol. The normalized spacial score (nSPS) is 14.8. The summed E-state index contributed by atoms with van der Waals surface area (Å²) in [5.41, 5.74) is 1.75. The Kier molecular flexibility index (Phi) is 7.08. The molecule has 4 rings (SSSR count). The van der Waals surface area contributed by atoms with Gasteiger partial charge in [-0.2, -0.15) is 0 Å². The van der Waals surface area contributed by atoms with Gasteiger partial charge >= 0.3 is 6.03 Å². The van der Waals surface area contributed by atoms with Crippen molar-refractivity contribution in [3.63, 3.8) is 0 Å². The molecule has 3 aromatic rings. The number of halogens is 1. The Labute approximate surface area is 205 Å². The molecule has 0 bridgehead atoms. The number of hydrogen-bond donors (Lipinski definition) is 1. The van der Waals surface area contributed by atoms with Gasteiger partial charge in [-0.3, -0.25) is 14.9 Å². The zero-order valence-corrected chi connectivity index (χ0v) is 19.9. The van der Waals surface area contributed by atoms with E-state index in [1.807, 2.05) is 37.3 Å². The van der Waals surface area contributed by atoms with Crippen LogP contribution in [0.5, 0.6) is 11.5 Å². The van der Waals surface area contributed by atoms with Crippen LogP contribution >= 0.6 is 15.9 Å². The van der Waals surface area contributed by atoms with Gasteiger partial charge in [-0.05, 0) is 66.6 Å². The third-order valence-electron chi connectivity index (χ3n) is 4.96. The van der Waals surface area contributed by atoms with Crippen LogP contribution < -0.4 is 19.7 Å². The number of rotatable bonds is 7. The fourth-order valence-corrected chi connectivity index (χ4v) is 3.90. The molecular weight excluding hydrogens is 500 g/mol. The molecule has 0 atom stereocenters. The van der Waals surface area contributed by atoms with Crippen molar-refractivity contribution in [3.8, 4) is 11.5 Å². The monoisotopic (exact) mass is 520 g/mol. The van der Waals surface area contributed by atoms with Crippen LogP contribution in [-0.2, 0) is 16.2 Å². The maximum absolute atomic E-state index is 13.1. The maximum Gasteiger partial charge on any atom is 0.335 e. The molecule has 1 fully saturated rings. The lowest BCUT2D eigenvalue weighted by atomic mass is 10.1. The molecule has 1 aliphatic heterocycles. The second-order valence-corrected chi connectivity index (χ2v) is 8.29. The third kappa shape index (κ3) is 5.35. The number of carbonyl (C=O) groups is 3. The van der Waals surface area contributed by atoms with Gasteiger partial charge in [0.15, 0.2) is 0 Å². The van der Waals surface area contributed by atoms with Crippen LogP contribution in [0.25, 0.3) is 6.08 Å². The summed E-state index contributed by atoms with van der Waals surface area (Å²) in [4.78, 5) is 39.0. The van der Waals surface area contributed by atoms with E-state index in [0.29, 0.717) is 36.0 Å². The zero-order valence-electron chi connectivity index (χ0n) is 18.3. The van der Waals surface area contributed by atoms with Gasteiger partial charge in [0.25, 0.3) is 11.8 Å². The first-order valence-corrected chi connectivity index (χ1v) is 11.4. The highest BCUT2D eigenvalue weighted by Crippen LogP contribution is 2.27. The molecule has 172 valence electrons. The summed E-state index contributed by atoms with van der Waals surface area (Å²) >= 11 is 3.40. The average Bonchev–Trinajstić information content (AvgIpc) is 2.82. The van der Waals surface area contributed by atoms with Gasteiger partial charge in [0.05, 0.1) is 12.3 Å². The predicted octanol–water partition coefficient (Wildman–Crippen LogP) is 5.09. The van der Waals surface area contributed by atoms with E-state index in [2.05, 4.69) is 21.2 Å². The molecule has 1 N–H and O–H groups in total. The summed E-state index contributed by atoms with van der Waals surface area (Å²) in [6, 6.07) is 20.7. The first kappa shape index (κ1) is 23.3. The van der Waals surface area contributed by atoms with Crippen molar-refractivity contribution in [3.05, 3.63) is 94.0 Å². The molecule has 1 heterocycles. The number of barbiturate groups is 1. The Bertz CT molecular complexity index is 1260. The van der Waals surface area contributed by atoms with E-state index in [1.165, 1.54) is 6.08 Å². The largest absolute Gasteiger partial charge is 0.494 e. The van der Waals surface area contributed by atoms with Gasteiger partial charge in [0.2, 0.25) is 0 Å². The van der Waals surface area contributed by atoms with Crippen molar-refractivity contribution in [2.75, 3.05) is 11.5 Å². The number of nitrogens with zero attached hydrogens (tertiary/aromatic N) is 1. The minimum absolute atomic E-state index is 0.162. The Morgan fingerprint density at radius 2 is 1.65 bits per heavy atom. The quantitative estimate of drug-likeness (QED) is 0.346. The molecule has 0 saturated carbocycles. The van der Waals surface area contributed by atoms with Crippen molar-refractivity contribution in [1.82, 2.24) is 5.32 Å². The molecule has 7 nitrogen and oxygen atoms in total. The number of hydrogen-bond acceptors (Lipinski definition) is 5. The molecule has 34 heavy (non-hydrogen) atoms. The van der Waals surface area contributed by atoms with E-state index in [4.69, 9.17) is 9.47 Å². The van der Waals surface area contributed by atoms with Crippen molar-refractivity contribution < 1.29 is 23.9 Å². The first-order chi connectivity index (χ1) is 16.4. The summed E-state index contributed by atoms with van der Waals surface area (Å²) in [6.07, 6.45) is 1.43.